The van der Waals surface area contributed by atoms with Gasteiger partial charge in [0.2, 0.25) is 0 Å². The molecule has 0 saturated carbocycles. The van der Waals surface area contributed by atoms with Gasteiger partial charge in [-0.3, -0.25) is 4.79 Å². The lowest BCUT2D eigenvalue weighted by Gasteiger charge is -2.30. The first-order chi connectivity index (χ1) is 10.0. The van der Waals surface area contributed by atoms with E-state index in [0.717, 1.165) is 44.0 Å². The zero-order valence-corrected chi connectivity index (χ0v) is 13.5. The summed E-state index contributed by atoms with van der Waals surface area (Å²) in [5.41, 5.74) is 1.26. The van der Waals surface area contributed by atoms with Gasteiger partial charge < -0.3 is 10.2 Å². The molecular weight excluding hydrogens is 264 g/mol. The van der Waals surface area contributed by atoms with Gasteiger partial charge in [0.25, 0.3) is 5.91 Å². The van der Waals surface area contributed by atoms with E-state index >= 15 is 0 Å². The molecule has 1 amide bonds. The molecule has 0 aliphatic carbocycles. The molecule has 0 aromatic carbocycles. The minimum Gasteiger partial charge on any atom is -0.382 e. The Kier molecular flexibility index (Phi) is 5.15. The van der Waals surface area contributed by atoms with Crippen LogP contribution in [-0.4, -0.2) is 40.4 Å². The van der Waals surface area contributed by atoms with Crippen LogP contribution in [-0.2, 0) is 0 Å². The van der Waals surface area contributed by atoms with Gasteiger partial charge >= 0.3 is 0 Å². The number of aromatic nitrogens is 2. The molecule has 1 aliphatic rings. The van der Waals surface area contributed by atoms with Crippen LogP contribution >= 0.6 is 0 Å². The second-order valence-electron chi connectivity index (χ2n) is 6.15. The number of likely N-dealkylation sites (tertiary alicyclic amines) is 1. The fraction of sp³-hybridized carbons (Fsp3) is 0.688. The van der Waals surface area contributed by atoms with E-state index in [1.807, 2.05) is 25.7 Å². The molecule has 5 nitrogen and oxygen atoms in total. The first kappa shape index (κ1) is 15.7. The van der Waals surface area contributed by atoms with E-state index < -0.39 is 0 Å². The van der Waals surface area contributed by atoms with Crippen LogP contribution in [0.4, 0.5) is 5.69 Å². The maximum absolute atomic E-state index is 12.8. The average Bonchev–Trinajstić information content (AvgIpc) is 2.48. The summed E-state index contributed by atoms with van der Waals surface area (Å²) in [6.45, 7) is 10.7. The topological polar surface area (TPSA) is 58.1 Å². The molecule has 0 spiro atoms. The summed E-state index contributed by atoms with van der Waals surface area (Å²) in [5, 5.41) is 3.20. The highest BCUT2D eigenvalue weighted by Gasteiger charge is 2.25. The van der Waals surface area contributed by atoms with Gasteiger partial charge in [-0.05, 0) is 25.7 Å². The lowest BCUT2D eigenvalue weighted by molar-refractivity contribution is 0.0691. The maximum Gasteiger partial charge on any atom is 0.274 e. The summed E-state index contributed by atoms with van der Waals surface area (Å²) in [5.74, 6) is 1.68. The molecule has 116 valence electrons. The van der Waals surface area contributed by atoms with E-state index in [1.165, 1.54) is 0 Å². The Hall–Kier alpha value is -1.65. The zero-order valence-electron chi connectivity index (χ0n) is 13.5. The van der Waals surface area contributed by atoms with Gasteiger partial charge in [-0.15, -0.1) is 0 Å². The van der Waals surface area contributed by atoms with Gasteiger partial charge in [0.15, 0.2) is 5.69 Å². The molecule has 21 heavy (non-hydrogen) atoms. The molecule has 1 saturated heterocycles. The second kappa shape index (κ2) is 6.87. The molecule has 2 heterocycles. The van der Waals surface area contributed by atoms with Crippen LogP contribution in [0.1, 0.15) is 62.8 Å². The molecule has 1 aromatic heterocycles. The van der Waals surface area contributed by atoms with Gasteiger partial charge in [-0.2, -0.15) is 0 Å². The van der Waals surface area contributed by atoms with E-state index in [-0.39, 0.29) is 11.8 Å². The van der Waals surface area contributed by atoms with E-state index in [0.29, 0.717) is 11.6 Å². The first-order valence-corrected chi connectivity index (χ1v) is 7.93. The summed E-state index contributed by atoms with van der Waals surface area (Å²) >= 11 is 0. The van der Waals surface area contributed by atoms with Crippen LogP contribution < -0.4 is 5.32 Å². The average molecular weight is 290 g/mol. The number of carbonyl (C=O) groups excluding carboxylic acids is 1. The predicted octanol–water partition coefficient (Wildman–Crippen LogP) is 2.90. The number of rotatable bonds is 4. The van der Waals surface area contributed by atoms with Crippen LogP contribution in [0.3, 0.4) is 0 Å². The van der Waals surface area contributed by atoms with E-state index in [2.05, 4.69) is 22.2 Å². The number of nitrogens with one attached hydrogen (secondary N) is 1. The molecule has 0 bridgehead atoms. The standard InChI is InChI=1S/C16H26N4O/c1-5-17-13-10-18-15(11(2)3)19-14(13)16(21)20-8-6-12(4)7-9-20/h10-12,17H,5-9H2,1-4H3. The third-order valence-corrected chi connectivity index (χ3v) is 3.96. The summed E-state index contributed by atoms with van der Waals surface area (Å²) in [7, 11) is 0. The third kappa shape index (κ3) is 3.71. The molecule has 0 atom stereocenters. The Morgan fingerprint density at radius 3 is 2.67 bits per heavy atom. The highest BCUT2D eigenvalue weighted by molar-refractivity contribution is 5.97. The van der Waals surface area contributed by atoms with Crippen LogP contribution in [0.5, 0.6) is 0 Å². The highest BCUT2D eigenvalue weighted by Crippen LogP contribution is 2.22. The number of hydrogen-bond donors (Lipinski definition) is 1. The molecule has 1 aliphatic heterocycles. The van der Waals surface area contributed by atoms with E-state index in [4.69, 9.17) is 0 Å². The number of amides is 1. The number of nitrogens with zero attached hydrogens (tertiary/aromatic N) is 3. The van der Waals surface area contributed by atoms with Crippen LogP contribution in [0, 0.1) is 5.92 Å². The molecule has 0 unspecified atom stereocenters. The van der Waals surface area contributed by atoms with E-state index in [9.17, 15) is 4.79 Å². The first-order valence-electron chi connectivity index (χ1n) is 7.93. The number of hydrogen-bond acceptors (Lipinski definition) is 4. The Bertz CT molecular complexity index is 493. The monoisotopic (exact) mass is 290 g/mol. The second-order valence-corrected chi connectivity index (χ2v) is 6.15. The van der Waals surface area contributed by atoms with Gasteiger partial charge in [0.05, 0.1) is 11.9 Å². The summed E-state index contributed by atoms with van der Waals surface area (Å²) in [6, 6.07) is 0. The van der Waals surface area contributed by atoms with Gasteiger partial charge in [0, 0.05) is 25.6 Å². The van der Waals surface area contributed by atoms with Crippen molar-refractivity contribution in [3.63, 3.8) is 0 Å². The van der Waals surface area contributed by atoms with Crippen molar-refractivity contribution in [3.05, 3.63) is 17.7 Å². The van der Waals surface area contributed by atoms with Crippen molar-refractivity contribution in [2.75, 3.05) is 25.0 Å². The van der Waals surface area contributed by atoms with Crippen LogP contribution in [0.25, 0.3) is 0 Å². The Morgan fingerprint density at radius 1 is 1.43 bits per heavy atom. The van der Waals surface area contributed by atoms with Crippen LogP contribution in [0.2, 0.25) is 0 Å². The zero-order chi connectivity index (χ0) is 15.4. The van der Waals surface area contributed by atoms with Crippen molar-refractivity contribution < 1.29 is 4.79 Å². The van der Waals surface area contributed by atoms with Crippen molar-refractivity contribution in [2.45, 2.75) is 46.5 Å². The summed E-state index contributed by atoms with van der Waals surface area (Å²) in [6.07, 6.45) is 3.89. The fourth-order valence-corrected chi connectivity index (χ4v) is 2.52. The summed E-state index contributed by atoms with van der Waals surface area (Å²) in [4.78, 5) is 23.6. The smallest absolute Gasteiger partial charge is 0.274 e. The number of anilines is 1. The molecule has 1 N–H and O–H groups in total. The normalized spacial score (nSPS) is 16.3. The lowest BCUT2D eigenvalue weighted by Crippen LogP contribution is -2.38. The minimum absolute atomic E-state index is 0.0298. The van der Waals surface area contributed by atoms with Crippen molar-refractivity contribution in [1.29, 1.82) is 0 Å². The van der Waals surface area contributed by atoms with Gasteiger partial charge in [0.1, 0.15) is 5.82 Å². The molecular formula is C16H26N4O. The Morgan fingerprint density at radius 2 is 2.10 bits per heavy atom. The molecule has 1 aromatic rings. The Labute approximate surface area is 127 Å². The van der Waals surface area contributed by atoms with Crippen LogP contribution in [0.15, 0.2) is 6.20 Å². The predicted molar refractivity (Wildman–Crippen MR) is 84.6 cm³/mol. The fourth-order valence-electron chi connectivity index (χ4n) is 2.52. The molecule has 2 rings (SSSR count). The molecule has 5 heteroatoms. The summed E-state index contributed by atoms with van der Waals surface area (Å²) < 4.78 is 0. The SMILES string of the molecule is CCNc1cnc(C(C)C)nc1C(=O)N1CCC(C)CC1. The third-order valence-electron chi connectivity index (χ3n) is 3.96. The largest absolute Gasteiger partial charge is 0.382 e. The van der Waals surface area contributed by atoms with Gasteiger partial charge in [-0.25, -0.2) is 9.97 Å². The Balaban J connectivity index is 2.26. The lowest BCUT2D eigenvalue weighted by atomic mass is 9.99. The number of piperidine rings is 1. The maximum atomic E-state index is 12.8. The number of carbonyl (C=O) groups is 1. The highest BCUT2D eigenvalue weighted by atomic mass is 16.2. The van der Waals surface area contributed by atoms with Crippen molar-refractivity contribution in [3.8, 4) is 0 Å². The van der Waals surface area contributed by atoms with Crippen molar-refractivity contribution >= 4 is 11.6 Å². The van der Waals surface area contributed by atoms with Crippen molar-refractivity contribution in [2.24, 2.45) is 5.92 Å². The van der Waals surface area contributed by atoms with Gasteiger partial charge in [-0.1, -0.05) is 20.8 Å². The molecule has 0 radical (unpaired) electrons. The molecule has 1 fully saturated rings. The minimum atomic E-state index is 0.0298. The quantitative estimate of drug-likeness (QED) is 0.926. The van der Waals surface area contributed by atoms with E-state index in [1.54, 1.807) is 6.20 Å². The van der Waals surface area contributed by atoms with Crippen molar-refractivity contribution in [1.82, 2.24) is 14.9 Å².